The fourth-order valence-corrected chi connectivity index (χ4v) is 1.90. The van der Waals surface area contributed by atoms with Gasteiger partial charge in [-0.2, -0.15) is 0 Å². The Bertz CT molecular complexity index is 440. The third-order valence-electron chi connectivity index (χ3n) is 2.89. The average molecular weight is 219 g/mol. The molecule has 0 bridgehead atoms. The summed E-state index contributed by atoms with van der Waals surface area (Å²) in [7, 11) is 0. The Hall–Kier alpha value is -1.64. The third kappa shape index (κ3) is 2.13. The van der Waals surface area contributed by atoms with Crippen molar-refractivity contribution < 1.29 is 9.18 Å². The fourth-order valence-electron chi connectivity index (χ4n) is 1.90. The van der Waals surface area contributed by atoms with Crippen LogP contribution in [0.2, 0.25) is 0 Å². The molecule has 84 valence electrons. The first-order valence-corrected chi connectivity index (χ1v) is 5.36. The van der Waals surface area contributed by atoms with Crippen molar-refractivity contribution in [3.8, 4) is 0 Å². The highest BCUT2D eigenvalue weighted by Crippen LogP contribution is 2.23. The summed E-state index contributed by atoms with van der Waals surface area (Å²) in [6.07, 6.45) is 3.85. The first kappa shape index (κ1) is 10.9. The van der Waals surface area contributed by atoms with Gasteiger partial charge in [0, 0.05) is 24.3 Å². The normalized spacial score (nSPS) is 15.9. The Morgan fingerprint density at radius 2 is 2.25 bits per heavy atom. The molecule has 16 heavy (non-hydrogen) atoms. The molecule has 0 aromatic heterocycles. The van der Waals surface area contributed by atoms with Gasteiger partial charge in [0.05, 0.1) is 0 Å². The summed E-state index contributed by atoms with van der Waals surface area (Å²) >= 11 is 0. The lowest BCUT2D eigenvalue weighted by Gasteiger charge is -2.28. The summed E-state index contributed by atoms with van der Waals surface area (Å²) in [5.41, 5.74) is 2.61. The molecule has 1 aromatic rings. The van der Waals surface area contributed by atoms with Crippen LogP contribution in [-0.2, 0) is 0 Å². The van der Waals surface area contributed by atoms with Gasteiger partial charge in [-0.1, -0.05) is 11.6 Å². The van der Waals surface area contributed by atoms with Crippen LogP contribution in [0.1, 0.15) is 23.7 Å². The maximum Gasteiger partial charge on any atom is 0.152 e. The van der Waals surface area contributed by atoms with E-state index < -0.39 is 0 Å². The van der Waals surface area contributed by atoms with Gasteiger partial charge in [-0.3, -0.25) is 4.79 Å². The summed E-state index contributed by atoms with van der Waals surface area (Å²) in [5, 5.41) is 0. The number of hydrogen-bond acceptors (Lipinski definition) is 2. The number of rotatable bonds is 2. The second-order valence-corrected chi connectivity index (χ2v) is 4.07. The van der Waals surface area contributed by atoms with Crippen LogP contribution in [0.3, 0.4) is 0 Å². The van der Waals surface area contributed by atoms with Crippen molar-refractivity contribution in [1.82, 2.24) is 0 Å². The number of carbonyl (C=O) groups is 1. The predicted molar refractivity (Wildman–Crippen MR) is 62.4 cm³/mol. The van der Waals surface area contributed by atoms with E-state index in [-0.39, 0.29) is 5.82 Å². The molecule has 0 saturated heterocycles. The maximum absolute atomic E-state index is 13.0. The van der Waals surface area contributed by atoms with Crippen molar-refractivity contribution in [1.29, 1.82) is 0 Å². The zero-order valence-corrected chi connectivity index (χ0v) is 9.24. The highest BCUT2D eigenvalue weighted by atomic mass is 19.1. The van der Waals surface area contributed by atoms with Gasteiger partial charge in [0.25, 0.3) is 0 Å². The van der Waals surface area contributed by atoms with Gasteiger partial charge < -0.3 is 4.90 Å². The molecular formula is C13H14FNO. The van der Waals surface area contributed by atoms with Crippen LogP contribution in [0.5, 0.6) is 0 Å². The first-order valence-electron chi connectivity index (χ1n) is 5.36. The van der Waals surface area contributed by atoms with Crippen LogP contribution in [0.25, 0.3) is 0 Å². The molecule has 1 heterocycles. The Kier molecular flexibility index (Phi) is 3.04. The van der Waals surface area contributed by atoms with Crippen molar-refractivity contribution in [2.45, 2.75) is 13.3 Å². The van der Waals surface area contributed by atoms with Crippen LogP contribution in [0, 0.1) is 5.82 Å². The third-order valence-corrected chi connectivity index (χ3v) is 2.89. The Morgan fingerprint density at radius 3 is 2.88 bits per heavy atom. The number of halogens is 1. The molecule has 0 saturated carbocycles. The van der Waals surface area contributed by atoms with Crippen molar-refractivity contribution in [3.05, 3.63) is 41.2 Å². The highest BCUT2D eigenvalue weighted by Gasteiger charge is 2.13. The van der Waals surface area contributed by atoms with Gasteiger partial charge in [0.15, 0.2) is 6.29 Å². The van der Waals surface area contributed by atoms with Crippen LogP contribution >= 0.6 is 0 Å². The first-order chi connectivity index (χ1) is 7.70. The van der Waals surface area contributed by atoms with E-state index in [1.54, 1.807) is 6.07 Å². The molecular weight excluding hydrogens is 205 g/mol. The van der Waals surface area contributed by atoms with E-state index in [0.29, 0.717) is 11.8 Å². The largest absolute Gasteiger partial charge is 0.367 e. The molecule has 0 aliphatic carbocycles. The molecule has 0 fully saturated rings. The Balaban J connectivity index is 2.30. The van der Waals surface area contributed by atoms with E-state index in [4.69, 9.17) is 0 Å². The minimum Gasteiger partial charge on any atom is -0.367 e. The number of carbonyl (C=O) groups excluding carboxylic acids is 1. The molecule has 0 radical (unpaired) electrons. The lowest BCUT2D eigenvalue weighted by Crippen LogP contribution is -2.29. The van der Waals surface area contributed by atoms with Crippen molar-refractivity contribution in [3.63, 3.8) is 0 Å². The van der Waals surface area contributed by atoms with Crippen molar-refractivity contribution >= 4 is 12.0 Å². The van der Waals surface area contributed by atoms with Crippen molar-refractivity contribution in [2.75, 3.05) is 18.0 Å². The summed E-state index contributed by atoms with van der Waals surface area (Å²) in [6.45, 7) is 3.77. The lowest BCUT2D eigenvalue weighted by molar-refractivity contribution is 0.112. The number of aldehydes is 1. The van der Waals surface area contributed by atoms with Crippen LogP contribution < -0.4 is 4.90 Å². The van der Waals surface area contributed by atoms with Crippen LogP contribution in [-0.4, -0.2) is 19.4 Å². The van der Waals surface area contributed by atoms with Gasteiger partial charge >= 0.3 is 0 Å². The molecule has 1 aromatic carbocycles. The summed E-state index contributed by atoms with van der Waals surface area (Å²) in [6, 6.07) is 4.36. The van der Waals surface area contributed by atoms with E-state index in [9.17, 15) is 9.18 Å². The number of benzene rings is 1. The summed E-state index contributed by atoms with van der Waals surface area (Å²) < 4.78 is 13.0. The number of hydrogen-bond donors (Lipinski definition) is 0. The van der Waals surface area contributed by atoms with Crippen LogP contribution in [0.15, 0.2) is 29.8 Å². The highest BCUT2D eigenvalue weighted by molar-refractivity contribution is 5.84. The smallest absolute Gasteiger partial charge is 0.152 e. The molecule has 0 amide bonds. The van der Waals surface area contributed by atoms with Crippen LogP contribution in [0.4, 0.5) is 10.1 Å². The zero-order valence-electron chi connectivity index (χ0n) is 9.24. The molecule has 1 aliphatic rings. The SMILES string of the molecule is CC1=CCN(c2ccc(F)cc2C=O)CC1. The summed E-state index contributed by atoms with van der Waals surface area (Å²) in [5.74, 6) is -0.366. The predicted octanol–water partition coefficient (Wildman–Crippen LogP) is 2.79. The molecule has 0 atom stereocenters. The second kappa shape index (κ2) is 4.47. The quantitative estimate of drug-likeness (QED) is 0.563. The molecule has 0 unspecified atom stereocenters. The minimum atomic E-state index is -0.366. The average Bonchev–Trinajstić information content (AvgIpc) is 2.30. The number of anilines is 1. The van der Waals surface area contributed by atoms with Gasteiger partial charge in [-0.05, 0) is 31.5 Å². The van der Waals surface area contributed by atoms with Gasteiger partial charge in [0.2, 0.25) is 0 Å². The molecule has 0 spiro atoms. The number of nitrogens with zero attached hydrogens (tertiary/aromatic N) is 1. The lowest BCUT2D eigenvalue weighted by atomic mass is 10.1. The van der Waals surface area contributed by atoms with E-state index >= 15 is 0 Å². The Morgan fingerprint density at radius 1 is 1.44 bits per heavy atom. The van der Waals surface area contributed by atoms with Crippen molar-refractivity contribution in [2.24, 2.45) is 0 Å². The Labute approximate surface area is 94.4 Å². The fraction of sp³-hybridized carbons (Fsp3) is 0.308. The van der Waals surface area contributed by atoms with Gasteiger partial charge in [-0.25, -0.2) is 4.39 Å². The van der Waals surface area contributed by atoms with Gasteiger partial charge in [-0.15, -0.1) is 0 Å². The van der Waals surface area contributed by atoms with Gasteiger partial charge in [0.1, 0.15) is 5.82 Å². The minimum absolute atomic E-state index is 0.366. The van der Waals surface area contributed by atoms with E-state index in [1.807, 2.05) is 0 Å². The zero-order chi connectivity index (χ0) is 11.5. The van der Waals surface area contributed by atoms with E-state index in [2.05, 4.69) is 17.9 Å². The second-order valence-electron chi connectivity index (χ2n) is 4.07. The monoisotopic (exact) mass is 219 g/mol. The molecule has 0 N–H and O–H groups in total. The van der Waals surface area contributed by atoms with E-state index in [0.717, 1.165) is 25.2 Å². The van der Waals surface area contributed by atoms with E-state index in [1.165, 1.54) is 17.7 Å². The molecule has 1 aliphatic heterocycles. The summed E-state index contributed by atoms with van der Waals surface area (Å²) in [4.78, 5) is 13.0. The standard InChI is InChI=1S/C13H14FNO/c1-10-4-6-15(7-5-10)13-3-2-12(14)8-11(13)9-16/h2-4,8-9H,5-7H2,1H3. The maximum atomic E-state index is 13.0. The molecule has 2 nitrogen and oxygen atoms in total. The molecule has 3 heteroatoms. The molecule has 2 rings (SSSR count). The topological polar surface area (TPSA) is 20.3 Å².